The van der Waals surface area contributed by atoms with Gasteiger partial charge < -0.3 is 0 Å². The molecule has 0 atom stereocenters. The van der Waals surface area contributed by atoms with Gasteiger partial charge in [-0.3, -0.25) is 19.8 Å². The van der Waals surface area contributed by atoms with Gasteiger partial charge in [0.15, 0.2) is 0 Å². The van der Waals surface area contributed by atoms with Crippen LogP contribution in [0.25, 0.3) is 0 Å². The van der Waals surface area contributed by atoms with Crippen LogP contribution in [-0.2, 0) is 9.59 Å². The van der Waals surface area contributed by atoms with Gasteiger partial charge in [-0.15, -0.1) is 0 Å². The van der Waals surface area contributed by atoms with Crippen molar-refractivity contribution in [1.82, 2.24) is 10.2 Å². The van der Waals surface area contributed by atoms with Crippen LogP contribution in [0.4, 0.5) is 4.79 Å². The Morgan fingerprint density at radius 1 is 1.16 bits per heavy atom. The molecule has 1 N–H and O–H groups in total. The van der Waals surface area contributed by atoms with Crippen LogP contribution in [0.1, 0.15) is 39.5 Å². The number of carbonyl (C=O) groups excluding carboxylic acids is 3. The molecular formula is C13H20N2O3S. The predicted molar refractivity (Wildman–Crippen MR) is 73.7 cm³/mol. The summed E-state index contributed by atoms with van der Waals surface area (Å²) in [5.41, 5.74) is -1.15. The fraction of sp³-hybridized carbons (Fsp3) is 0.769. The fourth-order valence-corrected chi connectivity index (χ4v) is 3.42. The molecule has 0 radical (unpaired) electrons. The Hall–Kier alpha value is -1.04. The van der Waals surface area contributed by atoms with Gasteiger partial charge in [-0.1, -0.05) is 0 Å². The lowest BCUT2D eigenvalue weighted by Crippen LogP contribution is -2.64. The summed E-state index contributed by atoms with van der Waals surface area (Å²) in [4.78, 5) is 37.2. The van der Waals surface area contributed by atoms with Crippen LogP contribution in [0.15, 0.2) is 0 Å². The van der Waals surface area contributed by atoms with E-state index in [1.54, 1.807) is 13.8 Å². The summed E-state index contributed by atoms with van der Waals surface area (Å²) >= 11 is 1.84. The van der Waals surface area contributed by atoms with E-state index < -0.39 is 17.4 Å². The number of hydrogen-bond donors (Lipinski definition) is 1. The number of imide groups is 2. The third-order valence-corrected chi connectivity index (χ3v) is 5.24. The maximum Gasteiger partial charge on any atom is 0.331 e. The third-order valence-electron chi connectivity index (χ3n) is 4.10. The molecule has 106 valence electrons. The van der Waals surface area contributed by atoms with Gasteiger partial charge in [-0.05, 0) is 45.8 Å². The molecule has 0 aromatic heterocycles. The van der Waals surface area contributed by atoms with E-state index in [0.717, 1.165) is 25.7 Å². The second kappa shape index (κ2) is 5.15. The van der Waals surface area contributed by atoms with E-state index in [2.05, 4.69) is 11.6 Å². The van der Waals surface area contributed by atoms with E-state index in [1.807, 2.05) is 11.8 Å². The molecule has 1 aliphatic heterocycles. The highest BCUT2D eigenvalue weighted by Gasteiger charge is 2.49. The molecule has 0 bridgehead atoms. The molecule has 0 aromatic rings. The fourth-order valence-electron chi connectivity index (χ4n) is 2.67. The lowest BCUT2D eigenvalue weighted by atomic mass is 9.86. The number of carbonyl (C=O) groups is 3. The summed E-state index contributed by atoms with van der Waals surface area (Å²) in [5, 5.41) is 2.91. The van der Waals surface area contributed by atoms with Gasteiger partial charge in [0.1, 0.15) is 5.41 Å². The van der Waals surface area contributed by atoms with Gasteiger partial charge in [-0.25, -0.2) is 4.79 Å². The maximum atomic E-state index is 12.4. The quantitative estimate of drug-likeness (QED) is 0.785. The Bertz CT molecular complexity index is 414. The highest BCUT2D eigenvalue weighted by Crippen LogP contribution is 2.33. The van der Waals surface area contributed by atoms with E-state index in [-0.39, 0.29) is 11.9 Å². The molecular weight excluding hydrogens is 264 g/mol. The molecule has 1 saturated heterocycles. The standard InChI is InChI=1S/C13H20N2O3S/c1-13(2)10(16)14-12(18)15(11(13)17)8-4-6-9(19-3)7-5-8/h8-9H,4-7H2,1-3H3,(H,14,16,18). The first-order valence-electron chi connectivity index (χ1n) is 6.59. The van der Waals surface area contributed by atoms with Crippen molar-refractivity contribution in [3.8, 4) is 0 Å². The van der Waals surface area contributed by atoms with Crippen LogP contribution < -0.4 is 5.32 Å². The molecule has 1 saturated carbocycles. The smallest absolute Gasteiger partial charge is 0.277 e. The molecule has 2 fully saturated rings. The van der Waals surface area contributed by atoms with E-state index >= 15 is 0 Å². The second-order valence-corrected chi connectivity index (χ2v) is 6.86. The monoisotopic (exact) mass is 284 g/mol. The summed E-state index contributed by atoms with van der Waals surface area (Å²) in [7, 11) is 0. The molecule has 2 aliphatic rings. The average molecular weight is 284 g/mol. The number of rotatable bonds is 2. The zero-order valence-corrected chi connectivity index (χ0v) is 12.4. The van der Waals surface area contributed by atoms with Crippen molar-refractivity contribution >= 4 is 29.6 Å². The molecule has 4 amide bonds. The number of hydrogen-bond acceptors (Lipinski definition) is 4. The molecule has 5 nitrogen and oxygen atoms in total. The number of nitrogens with zero attached hydrogens (tertiary/aromatic N) is 1. The van der Waals surface area contributed by atoms with E-state index in [0.29, 0.717) is 5.25 Å². The Kier molecular flexibility index (Phi) is 3.90. The number of thioether (sulfide) groups is 1. The molecule has 1 aliphatic carbocycles. The third kappa shape index (κ3) is 2.50. The zero-order chi connectivity index (χ0) is 14.2. The van der Waals surface area contributed by atoms with Gasteiger partial charge in [0.25, 0.3) is 0 Å². The number of nitrogens with one attached hydrogen (secondary N) is 1. The minimum absolute atomic E-state index is 0.0664. The van der Waals surface area contributed by atoms with Gasteiger partial charge >= 0.3 is 6.03 Å². The number of barbiturate groups is 1. The molecule has 6 heteroatoms. The van der Waals surface area contributed by atoms with E-state index in [9.17, 15) is 14.4 Å². The van der Waals surface area contributed by atoms with Crippen molar-refractivity contribution in [2.45, 2.75) is 50.8 Å². The molecule has 2 rings (SSSR count). The van der Waals surface area contributed by atoms with Crippen LogP contribution in [0.5, 0.6) is 0 Å². The Morgan fingerprint density at radius 2 is 1.74 bits per heavy atom. The first kappa shape index (κ1) is 14.4. The average Bonchev–Trinajstić information content (AvgIpc) is 2.38. The number of amides is 4. The van der Waals surface area contributed by atoms with Crippen molar-refractivity contribution in [3.63, 3.8) is 0 Å². The summed E-state index contributed by atoms with van der Waals surface area (Å²) in [6.07, 6.45) is 5.77. The maximum absolute atomic E-state index is 12.4. The predicted octanol–water partition coefficient (Wildman–Crippen LogP) is 1.77. The van der Waals surface area contributed by atoms with Crippen molar-refractivity contribution in [2.75, 3.05) is 6.26 Å². The second-order valence-electron chi connectivity index (χ2n) is 5.73. The largest absolute Gasteiger partial charge is 0.331 e. The Labute approximate surface area is 117 Å². The van der Waals surface area contributed by atoms with Crippen LogP contribution in [-0.4, -0.2) is 40.3 Å². The van der Waals surface area contributed by atoms with Crippen LogP contribution in [0.3, 0.4) is 0 Å². The van der Waals surface area contributed by atoms with Gasteiger partial charge in [-0.2, -0.15) is 11.8 Å². The van der Waals surface area contributed by atoms with Crippen molar-refractivity contribution < 1.29 is 14.4 Å². The number of urea groups is 1. The van der Waals surface area contributed by atoms with Crippen molar-refractivity contribution in [1.29, 1.82) is 0 Å². The van der Waals surface area contributed by atoms with E-state index in [1.165, 1.54) is 4.90 Å². The molecule has 1 heterocycles. The van der Waals surface area contributed by atoms with Gasteiger partial charge in [0, 0.05) is 11.3 Å². The topological polar surface area (TPSA) is 66.5 Å². The SMILES string of the molecule is CSC1CCC(N2C(=O)NC(=O)C(C)(C)C2=O)CC1. The summed E-state index contributed by atoms with van der Waals surface area (Å²) in [5.74, 6) is -0.870. The summed E-state index contributed by atoms with van der Waals surface area (Å²) in [6, 6.07) is -0.620. The molecule has 0 aromatic carbocycles. The van der Waals surface area contributed by atoms with Crippen molar-refractivity contribution in [2.24, 2.45) is 5.41 Å². The van der Waals surface area contributed by atoms with Gasteiger partial charge in [0.2, 0.25) is 11.8 Å². The molecule has 0 unspecified atom stereocenters. The molecule has 19 heavy (non-hydrogen) atoms. The first-order chi connectivity index (χ1) is 8.87. The lowest BCUT2D eigenvalue weighted by Gasteiger charge is -2.41. The first-order valence-corrected chi connectivity index (χ1v) is 7.88. The lowest BCUT2D eigenvalue weighted by molar-refractivity contribution is -0.150. The van der Waals surface area contributed by atoms with E-state index in [4.69, 9.17) is 0 Å². The van der Waals surface area contributed by atoms with Crippen LogP contribution in [0, 0.1) is 5.41 Å². The Morgan fingerprint density at radius 3 is 2.26 bits per heavy atom. The minimum Gasteiger partial charge on any atom is -0.277 e. The summed E-state index contributed by atoms with van der Waals surface area (Å²) in [6.45, 7) is 3.13. The highest BCUT2D eigenvalue weighted by atomic mass is 32.2. The van der Waals surface area contributed by atoms with Crippen molar-refractivity contribution in [3.05, 3.63) is 0 Å². The molecule has 0 spiro atoms. The minimum atomic E-state index is -1.15. The normalized spacial score (nSPS) is 31.3. The highest BCUT2D eigenvalue weighted by molar-refractivity contribution is 7.99. The van der Waals surface area contributed by atoms with Crippen LogP contribution in [0.2, 0.25) is 0 Å². The van der Waals surface area contributed by atoms with Crippen LogP contribution >= 0.6 is 11.8 Å². The van der Waals surface area contributed by atoms with Gasteiger partial charge in [0.05, 0.1) is 0 Å². The summed E-state index contributed by atoms with van der Waals surface area (Å²) < 4.78 is 0. The Balaban J connectivity index is 2.13. The zero-order valence-electron chi connectivity index (χ0n) is 11.6.